The van der Waals surface area contributed by atoms with Gasteiger partial charge in [0.15, 0.2) is 0 Å². The van der Waals surface area contributed by atoms with Gasteiger partial charge in [-0.15, -0.1) is 0 Å². The van der Waals surface area contributed by atoms with Crippen molar-refractivity contribution in [1.82, 2.24) is 9.80 Å². The molecule has 0 radical (unpaired) electrons. The molecule has 3 nitrogen and oxygen atoms in total. The summed E-state index contributed by atoms with van der Waals surface area (Å²) in [6.45, 7) is 6.74. The van der Waals surface area contributed by atoms with Crippen LogP contribution in [0.5, 0.6) is 0 Å². The van der Waals surface area contributed by atoms with Crippen molar-refractivity contribution in [3.63, 3.8) is 0 Å². The Morgan fingerprint density at radius 2 is 1.82 bits per heavy atom. The predicted octanol–water partition coefficient (Wildman–Crippen LogP) is -0.120. The Balaban J connectivity index is 2.07. The lowest BCUT2D eigenvalue weighted by Crippen LogP contribution is -2.45. The molecule has 0 N–H and O–H groups in total. The lowest BCUT2D eigenvalue weighted by Gasteiger charge is -2.31. The summed E-state index contributed by atoms with van der Waals surface area (Å²) in [5, 5.41) is 0. The van der Waals surface area contributed by atoms with Crippen LogP contribution in [-0.4, -0.2) is 63.3 Å². The fourth-order valence-corrected chi connectivity index (χ4v) is 1.29. The van der Waals surface area contributed by atoms with E-state index in [1.807, 2.05) is 0 Å². The van der Waals surface area contributed by atoms with Crippen LogP contribution in [0.15, 0.2) is 0 Å². The highest BCUT2D eigenvalue weighted by molar-refractivity contribution is 4.68. The minimum atomic E-state index is 0.865. The van der Waals surface area contributed by atoms with Crippen molar-refractivity contribution in [2.24, 2.45) is 0 Å². The van der Waals surface area contributed by atoms with Crippen LogP contribution in [0.2, 0.25) is 0 Å². The van der Waals surface area contributed by atoms with E-state index in [9.17, 15) is 0 Å². The van der Waals surface area contributed by atoms with Crippen LogP contribution in [0, 0.1) is 0 Å². The van der Waals surface area contributed by atoms with E-state index in [-0.39, 0.29) is 0 Å². The topological polar surface area (TPSA) is 15.7 Å². The second-order valence-electron chi connectivity index (χ2n) is 3.14. The maximum absolute atomic E-state index is 5.02. The predicted molar refractivity (Wildman–Crippen MR) is 45.8 cm³/mol. The first-order chi connectivity index (χ1) is 5.33. The van der Waals surface area contributed by atoms with E-state index in [4.69, 9.17) is 4.74 Å². The zero-order valence-corrected chi connectivity index (χ0v) is 7.55. The molecule has 0 aromatic rings. The van der Waals surface area contributed by atoms with Crippen molar-refractivity contribution < 1.29 is 4.74 Å². The molecule has 3 heteroatoms. The van der Waals surface area contributed by atoms with E-state index in [0.29, 0.717) is 0 Å². The molecule has 0 saturated carbocycles. The van der Waals surface area contributed by atoms with Gasteiger partial charge in [0.2, 0.25) is 0 Å². The minimum absolute atomic E-state index is 0.865. The number of ether oxygens (including phenoxy) is 1. The number of nitrogens with zero attached hydrogens (tertiary/aromatic N) is 2. The molecule has 1 aliphatic heterocycles. The van der Waals surface area contributed by atoms with Crippen LogP contribution in [0.25, 0.3) is 0 Å². The van der Waals surface area contributed by atoms with Gasteiger partial charge in [0.25, 0.3) is 0 Å². The Morgan fingerprint density at radius 3 is 2.36 bits per heavy atom. The van der Waals surface area contributed by atoms with Gasteiger partial charge in [0, 0.05) is 39.8 Å². The van der Waals surface area contributed by atoms with Crippen LogP contribution >= 0.6 is 0 Å². The molecule has 1 saturated heterocycles. The lowest BCUT2D eigenvalue weighted by atomic mass is 10.3. The zero-order chi connectivity index (χ0) is 8.10. The third kappa shape index (κ3) is 3.18. The van der Waals surface area contributed by atoms with Gasteiger partial charge in [-0.25, -0.2) is 0 Å². The molecule has 0 spiro atoms. The van der Waals surface area contributed by atoms with Crippen molar-refractivity contribution in [2.75, 3.05) is 53.5 Å². The molecule has 1 aliphatic rings. The van der Waals surface area contributed by atoms with Crippen LogP contribution in [-0.2, 0) is 4.74 Å². The number of rotatable bonds is 3. The summed E-state index contributed by atoms with van der Waals surface area (Å²) >= 11 is 0. The van der Waals surface area contributed by atoms with E-state index in [2.05, 4.69) is 16.8 Å². The Labute approximate surface area is 68.9 Å². The number of likely N-dealkylation sites (N-methyl/N-ethyl adjacent to an activating group) is 1. The Hall–Kier alpha value is -0.120. The van der Waals surface area contributed by atoms with Crippen LogP contribution < -0.4 is 0 Å². The van der Waals surface area contributed by atoms with Gasteiger partial charge in [-0.1, -0.05) is 0 Å². The third-order valence-corrected chi connectivity index (χ3v) is 2.21. The first kappa shape index (κ1) is 8.97. The average molecular weight is 158 g/mol. The lowest BCUT2D eigenvalue weighted by molar-refractivity contribution is 0.108. The first-order valence-corrected chi connectivity index (χ1v) is 4.23. The van der Waals surface area contributed by atoms with E-state index in [1.165, 1.54) is 26.2 Å². The molecule has 0 unspecified atom stereocenters. The van der Waals surface area contributed by atoms with Crippen LogP contribution in [0.4, 0.5) is 0 Å². The van der Waals surface area contributed by atoms with Gasteiger partial charge in [0.1, 0.15) is 0 Å². The van der Waals surface area contributed by atoms with Gasteiger partial charge in [-0.2, -0.15) is 0 Å². The van der Waals surface area contributed by atoms with Crippen molar-refractivity contribution in [3.05, 3.63) is 0 Å². The quantitative estimate of drug-likeness (QED) is 0.569. The first-order valence-electron chi connectivity index (χ1n) is 4.23. The van der Waals surface area contributed by atoms with Gasteiger partial charge in [0.05, 0.1) is 6.61 Å². The fraction of sp³-hybridized carbons (Fsp3) is 1.00. The number of piperazine rings is 1. The fourth-order valence-electron chi connectivity index (χ4n) is 1.29. The summed E-state index contributed by atoms with van der Waals surface area (Å²) in [7, 11) is 3.93. The zero-order valence-electron chi connectivity index (χ0n) is 7.55. The summed E-state index contributed by atoms with van der Waals surface area (Å²) < 4.78 is 5.02. The summed E-state index contributed by atoms with van der Waals surface area (Å²) in [6.07, 6.45) is 0. The molecule has 66 valence electrons. The maximum Gasteiger partial charge on any atom is 0.0589 e. The molecule has 0 aromatic carbocycles. The molecule has 0 aromatic heterocycles. The Kier molecular flexibility index (Phi) is 3.83. The van der Waals surface area contributed by atoms with Gasteiger partial charge in [-0.05, 0) is 7.05 Å². The molecule has 0 atom stereocenters. The van der Waals surface area contributed by atoms with E-state index >= 15 is 0 Å². The SMILES string of the molecule is COCCN1CCN(C)CC1. The van der Waals surface area contributed by atoms with Crippen molar-refractivity contribution in [2.45, 2.75) is 0 Å². The molecular weight excluding hydrogens is 140 g/mol. The Morgan fingerprint density at radius 1 is 1.18 bits per heavy atom. The third-order valence-electron chi connectivity index (χ3n) is 2.21. The normalized spacial score (nSPS) is 22.4. The van der Waals surface area contributed by atoms with E-state index < -0.39 is 0 Å². The van der Waals surface area contributed by atoms with Gasteiger partial charge < -0.3 is 9.64 Å². The van der Waals surface area contributed by atoms with Gasteiger partial charge in [-0.3, -0.25) is 4.90 Å². The highest BCUT2D eigenvalue weighted by Crippen LogP contribution is 1.97. The van der Waals surface area contributed by atoms with Crippen molar-refractivity contribution >= 4 is 0 Å². The standard InChI is InChI=1S/C8H18N2O/c1-9-3-5-10(6-4-9)7-8-11-2/h3-8H2,1-2H3. The second kappa shape index (κ2) is 4.70. The summed E-state index contributed by atoms with van der Waals surface area (Å²) in [6, 6.07) is 0. The van der Waals surface area contributed by atoms with Crippen LogP contribution in [0.1, 0.15) is 0 Å². The van der Waals surface area contributed by atoms with Crippen LogP contribution in [0.3, 0.4) is 0 Å². The summed E-state index contributed by atoms with van der Waals surface area (Å²) in [4.78, 5) is 4.81. The smallest absolute Gasteiger partial charge is 0.0589 e. The molecule has 1 rings (SSSR count). The van der Waals surface area contributed by atoms with E-state index in [0.717, 1.165) is 13.2 Å². The molecule has 0 bridgehead atoms. The average Bonchev–Trinajstić information content (AvgIpc) is 2.04. The summed E-state index contributed by atoms with van der Waals surface area (Å²) in [5.74, 6) is 0. The van der Waals surface area contributed by atoms with Gasteiger partial charge >= 0.3 is 0 Å². The Bertz CT molecular complexity index is 97.5. The molecule has 0 aliphatic carbocycles. The monoisotopic (exact) mass is 158 g/mol. The van der Waals surface area contributed by atoms with E-state index in [1.54, 1.807) is 7.11 Å². The molecule has 11 heavy (non-hydrogen) atoms. The highest BCUT2D eigenvalue weighted by atomic mass is 16.5. The number of methoxy groups -OCH3 is 1. The largest absolute Gasteiger partial charge is 0.383 e. The van der Waals surface area contributed by atoms with Crippen molar-refractivity contribution in [1.29, 1.82) is 0 Å². The summed E-state index contributed by atoms with van der Waals surface area (Å²) in [5.41, 5.74) is 0. The maximum atomic E-state index is 5.02. The highest BCUT2D eigenvalue weighted by Gasteiger charge is 2.12. The van der Waals surface area contributed by atoms with Crippen molar-refractivity contribution in [3.8, 4) is 0 Å². The molecule has 1 fully saturated rings. The second-order valence-corrected chi connectivity index (χ2v) is 3.14. The minimum Gasteiger partial charge on any atom is -0.383 e. The number of hydrogen-bond acceptors (Lipinski definition) is 3. The molecule has 1 heterocycles. The number of hydrogen-bond donors (Lipinski definition) is 0. The molecular formula is C8H18N2O. The molecule has 0 amide bonds.